The molecular formula is C21H20O12. The van der Waals surface area contributed by atoms with Crippen LogP contribution in [0.3, 0.4) is 0 Å². The van der Waals surface area contributed by atoms with Crippen LogP contribution in [0.25, 0.3) is 22.3 Å². The summed E-state index contributed by atoms with van der Waals surface area (Å²) in [6.07, 6.45) is -7.80. The van der Waals surface area contributed by atoms with Gasteiger partial charge in [-0.05, 0) is 18.2 Å². The first-order valence-corrected chi connectivity index (χ1v) is 9.64. The molecule has 2 aromatic carbocycles. The molecule has 4 rings (SSSR count). The number of aliphatic hydroxyl groups excluding tert-OH is 4. The van der Waals surface area contributed by atoms with Gasteiger partial charge in [0.2, 0.25) is 17.5 Å². The van der Waals surface area contributed by atoms with E-state index in [0.29, 0.717) is 0 Å². The Bertz CT molecular complexity index is 1250. The monoisotopic (exact) mass is 464 g/mol. The molecule has 8 N–H and O–H groups in total. The number of ether oxygens (including phenoxy) is 2. The Morgan fingerprint density at radius 3 is 2.27 bits per heavy atom. The molecule has 1 saturated heterocycles. The highest BCUT2D eigenvalue weighted by molar-refractivity contribution is 5.88. The molecule has 12 heteroatoms. The molecule has 0 saturated carbocycles. The maximum Gasteiger partial charge on any atom is 0.238 e. The van der Waals surface area contributed by atoms with Gasteiger partial charge in [-0.3, -0.25) is 4.79 Å². The summed E-state index contributed by atoms with van der Waals surface area (Å²) < 4.78 is 16.3. The van der Waals surface area contributed by atoms with Gasteiger partial charge in [0.05, 0.1) is 6.61 Å². The Morgan fingerprint density at radius 1 is 0.879 bits per heavy atom. The second-order valence-corrected chi connectivity index (χ2v) is 7.44. The molecule has 2 heterocycles. The van der Waals surface area contributed by atoms with Crippen molar-refractivity contribution in [2.45, 2.75) is 30.7 Å². The van der Waals surface area contributed by atoms with E-state index < -0.39 is 65.7 Å². The van der Waals surface area contributed by atoms with Gasteiger partial charge < -0.3 is 54.7 Å². The molecule has 5 atom stereocenters. The molecule has 0 spiro atoms. The van der Waals surface area contributed by atoms with Gasteiger partial charge in [-0.2, -0.15) is 0 Å². The number of aromatic hydroxyl groups is 4. The van der Waals surface area contributed by atoms with Gasteiger partial charge in [0, 0.05) is 17.7 Å². The number of aliphatic hydroxyl groups is 4. The zero-order chi connectivity index (χ0) is 24.0. The van der Waals surface area contributed by atoms with Gasteiger partial charge in [0.15, 0.2) is 17.3 Å². The number of phenolic OH excluding ortho intramolecular Hbond substituents is 3. The molecule has 176 valence electrons. The number of hydrogen-bond acceptors (Lipinski definition) is 12. The van der Waals surface area contributed by atoms with E-state index in [1.165, 1.54) is 6.07 Å². The molecule has 0 bridgehead atoms. The average molecular weight is 464 g/mol. The minimum Gasteiger partial charge on any atom is -0.507 e. The van der Waals surface area contributed by atoms with Crippen LogP contribution >= 0.6 is 0 Å². The van der Waals surface area contributed by atoms with Crippen LogP contribution in [0.2, 0.25) is 0 Å². The standard InChI is InChI=1S/C21H20O12/c22-6-13-15(26)17(28)19(30)21(33-13)31-8-4-11(25)14-12(5-8)32-20(18(29)16(14)27)7-1-2-9(23)10(24)3-7/h1-5,13,15,17,19,21-26,28-30H,6H2/t13-,15-,17-,19-,21+/m0/s1. The first kappa shape index (κ1) is 22.6. The van der Waals surface area contributed by atoms with Gasteiger partial charge in [-0.15, -0.1) is 0 Å². The smallest absolute Gasteiger partial charge is 0.238 e. The maximum atomic E-state index is 12.6. The van der Waals surface area contributed by atoms with Crippen molar-refractivity contribution < 1.29 is 54.7 Å². The van der Waals surface area contributed by atoms with Crippen LogP contribution in [0.5, 0.6) is 28.7 Å². The third-order valence-electron chi connectivity index (χ3n) is 5.26. The molecule has 0 amide bonds. The highest BCUT2D eigenvalue weighted by Crippen LogP contribution is 2.38. The summed E-state index contributed by atoms with van der Waals surface area (Å²) >= 11 is 0. The first-order chi connectivity index (χ1) is 15.6. The lowest BCUT2D eigenvalue weighted by Gasteiger charge is -2.39. The van der Waals surface area contributed by atoms with Crippen molar-refractivity contribution in [3.63, 3.8) is 0 Å². The van der Waals surface area contributed by atoms with E-state index in [2.05, 4.69) is 0 Å². The quantitative estimate of drug-likeness (QED) is 0.229. The van der Waals surface area contributed by atoms with E-state index >= 15 is 0 Å². The molecule has 3 aromatic rings. The van der Waals surface area contributed by atoms with Gasteiger partial charge in [0.25, 0.3) is 0 Å². The number of fused-ring (bicyclic) bond motifs is 1. The fourth-order valence-corrected chi connectivity index (χ4v) is 3.49. The fraction of sp³-hybridized carbons (Fsp3) is 0.286. The van der Waals surface area contributed by atoms with Crippen LogP contribution in [-0.4, -0.2) is 78.2 Å². The summed E-state index contributed by atoms with van der Waals surface area (Å²) in [5.41, 5.74) is -1.20. The van der Waals surface area contributed by atoms with E-state index in [1.54, 1.807) is 0 Å². The van der Waals surface area contributed by atoms with Crippen molar-refractivity contribution in [1.82, 2.24) is 0 Å². The topological polar surface area (TPSA) is 211 Å². The third kappa shape index (κ3) is 3.90. The summed E-state index contributed by atoms with van der Waals surface area (Å²) in [5.74, 6) is -3.02. The molecule has 0 aliphatic carbocycles. The van der Waals surface area contributed by atoms with Gasteiger partial charge in [-0.25, -0.2) is 0 Å². The number of hydrogen-bond donors (Lipinski definition) is 8. The minimum absolute atomic E-state index is 0.0431. The molecule has 1 fully saturated rings. The maximum absolute atomic E-state index is 12.6. The van der Waals surface area contributed by atoms with Crippen LogP contribution in [0.15, 0.2) is 39.5 Å². The summed E-state index contributed by atoms with van der Waals surface area (Å²) in [4.78, 5) is 12.6. The van der Waals surface area contributed by atoms with Gasteiger partial charge >= 0.3 is 0 Å². The Balaban J connectivity index is 1.76. The zero-order valence-corrected chi connectivity index (χ0v) is 16.7. The summed E-state index contributed by atoms with van der Waals surface area (Å²) in [5, 5.41) is 78.6. The predicted octanol–water partition coefficient (Wildman–Crippen LogP) is -0.539. The fourth-order valence-electron chi connectivity index (χ4n) is 3.49. The number of benzene rings is 2. The van der Waals surface area contributed by atoms with Gasteiger partial charge in [-0.1, -0.05) is 0 Å². The zero-order valence-electron chi connectivity index (χ0n) is 16.7. The number of rotatable bonds is 4. The Kier molecular flexibility index (Phi) is 5.78. The van der Waals surface area contributed by atoms with Crippen molar-refractivity contribution in [1.29, 1.82) is 0 Å². The average Bonchev–Trinajstić information content (AvgIpc) is 2.78. The highest BCUT2D eigenvalue weighted by Gasteiger charge is 2.44. The third-order valence-corrected chi connectivity index (χ3v) is 5.26. The van der Waals surface area contributed by atoms with Crippen molar-refractivity contribution in [2.24, 2.45) is 0 Å². The lowest BCUT2D eigenvalue weighted by atomic mass is 9.99. The molecule has 1 aliphatic heterocycles. The highest BCUT2D eigenvalue weighted by atomic mass is 16.7. The Hall–Kier alpha value is -3.55. The predicted molar refractivity (Wildman–Crippen MR) is 109 cm³/mol. The lowest BCUT2D eigenvalue weighted by Crippen LogP contribution is -2.60. The van der Waals surface area contributed by atoms with Crippen molar-refractivity contribution in [3.8, 4) is 40.1 Å². The summed E-state index contributed by atoms with van der Waals surface area (Å²) in [6, 6.07) is 5.55. The molecule has 33 heavy (non-hydrogen) atoms. The van der Waals surface area contributed by atoms with Crippen molar-refractivity contribution in [2.75, 3.05) is 6.61 Å². The normalized spacial score (nSPS) is 25.3. The SMILES string of the molecule is O=c1c(O)c(-c2ccc(O)c(O)c2)oc2cc(O[C@@H]3O[C@@H](CO)[C@H](O)[C@H](O)[C@@H]3O)cc(O)c12. The molecule has 0 unspecified atom stereocenters. The van der Waals surface area contributed by atoms with Crippen LogP contribution in [0.1, 0.15) is 0 Å². The number of phenols is 3. The lowest BCUT2D eigenvalue weighted by molar-refractivity contribution is -0.277. The van der Waals surface area contributed by atoms with Crippen LogP contribution in [0, 0.1) is 0 Å². The second-order valence-electron chi connectivity index (χ2n) is 7.44. The van der Waals surface area contributed by atoms with Crippen LogP contribution in [-0.2, 0) is 4.74 Å². The Labute approximate surface area is 184 Å². The molecule has 1 aliphatic rings. The van der Waals surface area contributed by atoms with E-state index in [4.69, 9.17) is 13.9 Å². The van der Waals surface area contributed by atoms with E-state index in [-0.39, 0.29) is 28.0 Å². The van der Waals surface area contributed by atoms with E-state index in [0.717, 1.165) is 24.3 Å². The molecular weight excluding hydrogens is 444 g/mol. The van der Waals surface area contributed by atoms with Crippen LogP contribution in [0.4, 0.5) is 0 Å². The molecule has 1 aromatic heterocycles. The van der Waals surface area contributed by atoms with Crippen molar-refractivity contribution in [3.05, 3.63) is 40.6 Å². The van der Waals surface area contributed by atoms with Gasteiger partial charge in [0.1, 0.15) is 46.9 Å². The Morgan fingerprint density at radius 2 is 1.61 bits per heavy atom. The molecule has 0 radical (unpaired) electrons. The summed E-state index contributed by atoms with van der Waals surface area (Å²) in [7, 11) is 0. The van der Waals surface area contributed by atoms with Crippen molar-refractivity contribution >= 4 is 11.0 Å². The van der Waals surface area contributed by atoms with E-state index in [1.807, 2.05) is 0 Å². The minimum atomic E-state index is -1.72. The largest absolute Gasteiger partial charge is 0.507 e. The van der Waals surface area contributed by atoms with E-state index in [9.17, 15) is 45.6 Å². The first-order valence-electron chi connectivity index (χ1n) is 9.64. The molecule has 12 nitrogen and oxygen atoms in total. The second kappa shape index (κ2) is 8.42. The summed E-state index contributed by atoms with van der Waals surface area (Å²) in [6.45, 7) is -0.676. The van der Waals surface area contributed by atoms with Crippen LogP contribution < -0.4 is 10.2 Å².